The molecule has 100 valence electrons. The molecule has 18 heavy (non-hydrogen) atoms. The number of aliphatic hydroxyl groups is 1. The largest absolute Gasteiger partial charge is 0.391 e. The fraction of sp³-hybridized carbons (Fsp3) is 0.571. The van der Waals surface area contributed by atoms with Crippen molar-refractivity contribution in [3.63, 3.8) is 0 Å². The third-order valence-electron chi connectivity index (χ3n) is 2.87. The van der Waals surface area contributed by atoms with Crippen molar-refractivity contribution in [1.29, 1.82) is 0 Å². The molecule has 1 unspecified atom stereocenters. The fourth-order valence-electron chi connectivity index (χ4n) is 1.43. The second-order valence-electron chi connectivity index (χ2n) is 5.50. The SMILES string of the molecule is CC(C)(C)C(O)CNCCC(=O)c1ccncc1. The number of carbonyl (C=O) groups excluding carboxylic acids is 1. The molecule has 0 aliphatic carbocycles. The third-order valence-corrected chi connectivity index (χ3v) is 2.87. The average molecular weight is 250 g/mol. The number of hydrogen-bond donors (Lipinski definition) is 2. The topological polar surface area (TPSA) is 62.2 Å². The van der Waals surface area contributed by atoms with Gasteiger partial charge in [0.05, 0.1) is 6.10 Å². The van der Waals surface area contributed by atoms with Gasteiger partial charge in [0.25, 0.3) is 0 Å². The maximum atomic E-state index is 11.8. The van der Waals surface area contributed by atoms with Crippen LogP contribution in [0.15, 0.2) is 24.5 Å². The Kier molecular flexibility index (Phi) is 5.44. The second-order valence-corrected chi connectivity index (χ2v) is 5.50. The van der Waals surface area contributed by atoms with Gasteiger partial charge < -0.3 is 10.4 Å². The summed E-state index contributed by atoms with van der Waals surface area (Å²) in [5, 5.41) is 12.9. The zero-order valence-corrected chi connectivity index (χ0v) is 11.3. The number of nitrogens with zero attached hydrogens (tertiary/aromatic N) is 1. The van der Waals surface area contributed by atoms with Crippen LogP contribution in [-0.4, -0.2) is 35.1 Å². The lowest BCUT2D eigenvalue weighted by molar-refractivity contribution is 0.0628. The Hall–Kier alpha value is -1.26. The lowest BCUT2D eigenvalue weighted by Gasteiger charge is -2.25. The van der Waals surface area contributed by atoms with Crippen molar-refractivity contribution in [1.82, 2.24) is 10.3 Å². The number of aromatic nitrogens is 1. The highest BCUT2D eigenvalue weighted by Gasteiger charge is 2.21. The molecule has 4 nitrogen and oxygen atoms in total. The predicted octanol–water partition coefficient (Wildman–Crippen LogP) is 1.65. The molecule has 1 aromatic heterocycles. The van der Waals surface area contributed by atoms with E-state index in [0.717, 1.165) is 0 Å². The summed E-state index contributed by atoms with van der Waals surface area (Å²) < 4.78 is 0. The van der Waals surface area contributed by atoms with E-state index in [-0.39, 0.29) is 11.2 Å². The maximum Gasteiger partial charge on any atom is 0.164 e. The molecule has 2 N–H and O–H groups in total. The summed E-state index contributed by atoms with van der Waals surface area (Å²) in [5.41, 5.74) is 0.547. The Labute approximate surface area is 108 Å². The van der Waals surface area contributed by atoms with Crippen LogP contribution < -0.4 is 5.32 Å². The van der Waals surface area contributed by atoms with Gasteiger partial charge in [-0.25, -0.2) is 0 Å². The van der Waals surface area contributed by atoms with E-state index >= 15 is 0 Å². The first-order chi connectivity index (χ1) is 8.41. The molecule has 0 aromatic carbocycles. The highest BCUT2D eigenvalue weighted by atomic mass is 16.3. The first-order valence-electron chi connectivity index (χ1n) is 6.23. The summed E-state index contributed by atoms with van der Waals surface area (Å²) >= 11 is 0. The van der Waals surface area contributed by atoms with Crippen molar-refractivity contribution >= 4 is 5.78 Å². The first-order valence-corrected chi connectivity index (χ1v) is 6.23. The molecule has 1 atom stereocenters. The minimum Gasteiger partial charge on any atom is -0.391 e. The van der Waals surface area contributed by atoms with Crippen LogP contribution in [0.5, 0.6) is 0 Å². The fourth-order valence-corrected chi connectivity index (χ4v) is 1.43. The second kappa shape index (κ2) is 6.61. The van der Waals surface area contributed by atoms with Gasteiger partial charge in [-0.1, -0.05) is 20.8 Å². The highest BCUT2D eigenvalue weighted by Crippen LogP contribution is 2.17. The maximum absolute atomic E-state index is 11.8. The summed E-state index contributed by atoms with van der Waals surface area (Å²) in [5.74, 6) is 0.0927. The molecule has 4 heteroatoms. The molecule has 1 rings (SSSR count). The van der Waals surface area contributed by atoms with E-state index in [1.807, 2.05) is 20.8 Å². The molecule has 0 fully saturated rings. The Morgan fingerprint density at radius 2 is 2.00 bits per heavy atom. The van der Waals surface area contributed by atoms with E-state index in [1.54, 1.807) is 24.5 Å². The van der Waals surface area contributed by atoms with E-state index in [2.05, 4.69) is 10.3 Å². The van der Waals surface area contributed by atoms with Gasteiger partial charge in [-0.2, -0.15) is 0 Å². The Morgan fingerprint density at radius 3 is 2.56 bits per heavy atom. The van der Waals surface area contributed by atoms with E-state index in [1.165, 1.54) is 0 Å². The lowest BCUT2D eigenvalue weighted by Crippen LogP contribution is -2.37. The van der Waals surface area contributed by atoms with Crippen molar-refractivity contribution in [2.75, 3.05) is 13.1 Å². The van der Waals surface area contributed by atoms with Gasteiger partial charge in [0, 0.05) is 37.5 Å². The number of Topliss-reactive ketones (excluding diaryl/α,β-unsaturated/α-hetero) is 1. The van der Waals surface area contributed by atoms with Gasteiger partial charge >= 0.3 is 0 Å². The van der Waals surface area contributed by atoms with E-state index in [9.17, 15) is 9.90 Å². The first kappa shape index (κ1) is 14.8. The average Bonchev–Trinajstić information content (AvgIpc) is 2.34. The molecule has 0 radical (unpaired) electrons. The Balaban J connectivity index is 2.25. The number of hydrogen-bond acceptors (Lipinski definition) is 4. The van der Waals surface area contributed by atoms with Gasteiger partial charge in [-0.05, 0) is 17.5 Å². The van der Waals surface area contributed by atoms with E-state index < -0.39 is 6.10 Å². The van der Waals surface area contributed by atoms with Crippen LogP contribution in [0.2, 0.25) is 0 Å². The molecule has 0 bridgehead atoms. The number of ketones is 1. The van der Waals surface area contributed by atoms with Crippen LogP contribution in [-0.2, 0) is 0 Å². The number of pyridine rings is 1. The predicted molar refractivity (Wildman–Crippen MR) is 71.5 cm³/mol. The zero-order chi connectivity index (χ0) is 13.6. The summed E-state index contributed by atoms with van der Waals surface area (Å²) in [6, 6.07) is 3.43. The molecule has 0 saturated heterocycles. The molecule has 1 heterocycles. The van der Waals surface area contributed by atoms with Gasteiger partial charge in [0.1, 0.15) is 0 Å². The molecule has 0 amide bonds. The Morgan fingerprint density at radius 1 is 1.39 bits per heavy atom. The van der Waals surface area contributed by atoms with E-state index in [0.29, 0.717) is 25.1 Å². The van der Waals surface area contributed by atoms with Crippen LogP contribution in [0.1, 0.15) is 37.6 Å². The Bertz CT molecular complexity index is 371. The van der Waals surface area contributed by atoms with Crippen LogP contribution in [0.25, 0.3) is 0 Å². The number of rotatable bonds is 6. The quantitative estimate of drug-likeness (QED) is 0.595. The third kappa shape index (κ3) is 4.94. The van der Waals surface area contributed by atoms with Gasteiger partial charge in [0.2, 0.25) is 0 Å². The normalized spacial score (nSPS) is 13.3. The monoisotopic (exact) mass is 250 g/mol. The van der Waals surface area contributed by atoms with Crippen LogP contribution >= 0.6 is 0 Å². The summed E-state index contributed by atoms with van der Waals surface area (Å²) in [6.45, 7) is 7.05. The minimum absolute atomic E-state index is 0.0927. The van der Waals surface area contributed by atoms with Gasteiger partial charge in [-0.15, -0.1) is 0 Å². The van der Waals surface area contributed by atoms with Crippen LogP contribution in [0.4, 0.5) is 0 Å². The van der Waals surface area contributed by atoms with Crippen LogP contribution in [0.3, 0.4) is 0 Å². The van der Waals surface area contributed by atoms with Gasteiger partial charge in [0.15, 0.2) is 5.78 Å². The molecule has 0 aliphatic heterocycles. The number of carbonyl (C=O) groups is 1. The standard InChI is InChI=1S/C14H22N2O2/c1-14(2,3)13(18)10-16-9-6-12(17)11-4-7-15-8-5-11/h4-5,7-8,13,16,18H,6,9-10H2,1-3H3. The highest BCUT2D eigenvalue weighted by molar-refractivity contribution is 5.95. The lowest BCUT2D eigenvalue weighted by atomic mass is 9.89. The minimum atomic E-state index is -0.409. The zero-order valence-electron chi connectivity index (χ0n) is 11.3. The van der Waals surface area contributed by atoms with Crippen molar-refractivity contribution in [2.24, 2.45) is 5.41 Å². The van der Waals surface area contributed by atoms with Crippen molar-refractivity contribution in [3.8, 4) is 0 Å². The molecule has 0 aliphatic rings. The van der Waals surface area contributed by atoms with Crippen molar-refractivity contribution in [3.05, 3.63) is 30.1 Å². The summed E-state index contributed by atoms with van der Waals surface area (Å²) in [4.78, 5) is 15.6. The van der Waals surface area contributed by atoms with Gasteiger partial charge in [-0.3, -0.25) is 9.78 Å². The molecule has 1 aromatic rings. The molecule has 0 spiro atoms. The van der Waals surface area contributed by atoms with Crippen molar-refractivity contribution < 1.29 is 9.90 Å². The number of nitrogens with one attached hydrogen (secondary N) is 1. The summed E-state index contributed by atoms with van der Waals surface area (Å²) in [6.07, 6.45) is 3.25. The van der Waals surface area contributed by atoms with E-state index in [4.69, 9.17) is 0 Å². The van der Waals surface area contributed by atoms with Crippen molar-refractivity contribution in [2.45, 2.75) is 33.3 Å². The smallest absolute Gasteiger partial charge is 0.164 e. The van der Waals surface area contributed by atoms with Crippen LogP contribution in [0, 0.1) is 5.41 Å². The molecular weight excluding hydrogens is 228 g/mol. The number of aliphatic hydroxyl groups excluding tert-OH is 1. The molecular formula is C14H22N2O2. The summed E-state index contributed by atoms with van der Waals surface area (Å²) in [7, 11) is 0. The molecule has 0 saturated carbocycles.